The molecule has 1 aromatic carbocycles. The Labute approximate surface area is 102 Å². The molecule has 0 saturated carbocycles. The van der Waals surface area contributed by atoms with Crippen LogP contribution in [0.2, 0.25) is 0 Å². The molecule has 0 fully saturated rings. The van der Waals surface area contributed by atoms with Crippen LogP contribution in [-0.2, 0) is 25.8 Å². The maximum absolute atomic E-state index is 4.14. The number of aromatic nitrogens is 1. The fourth-order valence-corrected chi connectivity index (χ4v) is 1.92. The number of fused-ring (bicyclic) bond motifs is 1. The Morgan fingerprint density at radius 3 is 2.64 bits per heavy atom. The van der Waals surface area contributed by atoms with Gasteiger partial charge < -0.3 is 4.98 Å². The third-order valence-electron chi connectivity index (χ3n) is 2.15. The number of hydrogen-bond acceptors (Lipinski definition) is 2. The summed E-state index contributed by atoms with van der Waals surface area (Å²) >= 11 is 1.58. The number of benzene rings is 1. The summed E-state index contributed by atoms with van der Waals surface area (Å²) in [6.07, 6.45) is 0. The Kier molecular flexibility index (Phi) is 3.47. The molecule has 0 atom stereocenters. The van der Waals surface area contributed by atoms with E-state index in [0.717, 1.165) is 5.52 Å². The first-order chi connectivity index (χ1) is 6.07. The second-order valence-corrected chi connectivity index (χ2v) is 5.06. The van der Waals surface area contributed by atoms with Crippen molar-refractivity contribution in [3.63, 3.8) is 0 Å². The predicted octanol–water partition coefficient (Wildman–Crippen LogP) is 3.39. The Balaban J connectivity index is 0.000000980. The first-order valence-corrected chi connectivity index (χ1v) is 5.16. The SMILES string of the molecule is CC(C)(C)c1ccc2n[c-]sc2c1.[Re]. The molecule has 2 rings (SSSR count). The van der Waals surface area contributed by atoms with Gasteiger partial charge in [-0.15, -0.1) is 12.1 Å². The molecule has 0 bridgehead atoms. The molecule has 0 aliphatic rings. The molecule has 0 saturated heterocycles. The van der Waals surface area contributed by atoms with Crippen molar-refractivity contribution in [1.29, 1.82) is 0 Å². The van der Waals surface area contributed by atoms with Crippen LogP contribution in [0, 0.1) is 5.51 Å². The Bertz CT molecular complexity index is 428. The number of rotatable bonds is 0. The topological polar surface area (TPSA) is 12.9 Å². The van der Waals surface area contributed by atoms with Crippen LogP contribution in [0.25, 0.3) is 10.2 Å². The fourth-order valence-electron chi connectivity index (χ4n) is 1.28. The van der Waals surface area contributed by atoms with Gasteiger partial charge in [0.05, 0.1) is 0 Å². The van der Waals surface area contributed by atoms with Crippen LogP contribution in [0.1, 0.15) is 26.3 Å². The van der Waals surface area contributed by atoms with Crippen molar-refractivity contribution in [3.05, 3.63) is 29.3 Å². The molecule has 1 radical (unpaired) electrons. The van der Waals surface area contributed by atoms with Gasteiger partial charge in [-0.2, -0.15) is 0 Å². The largest absolute Gasteiger partial charge is 0.386 e. The Hall–Kier alpha value is -0.228. The number of hydrogen-bond donors (Lipinski definition) is 0. The minimum atomic E-state index is 0. The zero-order valence-corrected chi connectivity index (χ0v) is 12.0. The molecule has 0 unspecified atom stereocenters. The molecule has 1 aromatic heterocycles. The third kappa shape index (κ3) is 2.23. The Morgan fingerprint density at radius 2 is 2.00 bits per heavy atom. The molecule has 0 aliphatic carbocycles. The van der Waals surface area contributed by atoms with Crippen LogP contribution in [0.4, 0.5) is 0 Å². The zero-order valence-electron chi connectivity index (χ0n) is 8.47. The van der Waals surface area contributed by atoms with Crippen LogP contribution in [-0.4, -0.2) is 4.98 Å². The van der Waals surface area contributed by atoms with E-state index in [9.17, 15) is 0 Å². The maximum Gasteiger partial charge on any atom is 0 e. The molecule has 2 aromatic rings. The van der Waals surface area contributed by atoms with Gasteiger partial charge in [0.1, 0.15) is 0 Å². The summed E-state index contributed by atoms with van der Waals surface area (Å²) in [5.74, 6) is 0. The summed E-state index contributed by atoms with van der Waals surface area (Å²) in [5.41, 5.74) is 5.54. The van der Waals surface area contributed by atoms with Gasteiger partial charge in [-0.1, -0.05) is 42.6 Å². The van der Waals surface area contributed by atoms with Crippen molar-refractivity contribution in [3.8, 4) is 0 Å². The average Bonchev–Trinajstić information content (AvgIpc) is 2.47. The summed E-state index contributed by atoms with van der Waals surface area (Å²) in [6, 6.07) is 6.43. The van der Waals surface area contributed by atoms with E-state index in [2.05, 4.69) is 49.5 Å². The van der Waals surface area contributed by atoms with E-state index in [1.165, 1.54) is 10.3 Å². The standard InChI is InChI=1S/C11H12NS.Re/c1-11(2,3)8-4-5-9-10(6-8)13-7-12-9;/h4-6H,1-3H3;/q-1;. The summed E-state index contributed by atoms with van der Waals surface area (Å²) in [4.78, 5) is 4.14. The molecular weight excluding hydrogens is 364 g/mol. The minimum Gasteiger partial charge on any atom is -0.386 e. The van der Waals surface area contributed by atoms with Gasteiger partial charge in [0, 0.05) is 20.4 Å². The molecule has 3 heteroatoms. The monoisotopic (exact) mass is 377 g/mol. The van der Waals surface area contributed by atoms with E-state index >= 15 is 0 Å². The molecule has 0 aliphatic heterocycles. The summed E-state index contributed by atoms with van der Waals surface area (Å²) in [6.45, 7) is 6.66. The van der Waals surface area contributed by atoms with Crippen LogP contribution >= 0.6 is 11.3 Å². The number of nitrogens with zero attached hydrogens (tertiary/aromatic N) is 1. The van der Waals surface area contributed by atoms with Crippen LogP contribution in [0.5, 0.6) is 0 Å². The molecular formula is C11H12NReS-. The third-order valence-corrected chi connectivity index (χ3v) is 2.88. The van der Waals surface area contributed by atoms with Crippen molar-refractivity contribution in [2.24, 2.45) is 0 Å². The molecule has 1 heterocycles. The first-order valence-electron chi connectivity index (χ1n) is 4.34. The van der Waals surface area contributed by atoms with E-state index < -0.39 is 0 Å². The molecule has 0 spiro atoms. The van der Waals surface area contributed by atoms with Gasteiger partial charge in [-0.3, -0.25) is 11.3 Å². The smallest absolute Gasteiger partial charge is 0 e. The van der Waals surface area contributed by atoms with Crippen LogP contribution < -0.4 is 0 Å². The normalized spacial score (nSPS) is 11.4. The van der Waals surface area contributed by atoms with Crippen LogP contribution in [0.15, 0.2) is 18.2 Å². The quantitative estimate of drug-likeness (QED) is 0.643. The van der Waals surface area contributed by atoms with E-state index in [0.29, 0.717) is 0 Å². The van der Waals surface area contributed by atoms with E-state index in [-0.39, 0.29) is 25.8 Å². The minimum absolute atomic E-state index is 0. The summed E-state index contributed by atoms with van der Waals surface area (Å²) in [5, 5.41) is 0. The molecule has 75 valence electrons. The predicted molar refractivity (Wildman–Crippen MR) is 57.2 cm³/mol. The summed E-state index contributed by atoms with van der Waals surface area (Å²) in [7, 11) is 0. The van der Waals surface area contributed by atoms with Crippen molar-refractivity contribution in [2.45, 2.75) is 26.2 Å². The van der Waals surface area contributed by atoms with Crippen molar-refractivity contribution in [2.75, 3.05) is 0 Å². The molecule has 1 nitrogen and oxygen atoms in total. The average molecular weight is 376 g/mol. The molecule has 14 heavy (non-hydrogen) atoms. The zero-order chi connectivity index (χ0) is 9.47. The molecule has 0 amide bonds. The molecule has 0 N–H and O–H groups in total. The first kappa shape index (κ1) is 11.8. The van der Waals surface area contributed by atoms with Crippen LogP contribution in [0.3, 0.4) is 0 Å². The van der Waals surface area contributed by atoms with Gasteiger partial charge in [0.15, 0.2) is 0 Å². The van der Waals surface area contributed by atoms with E-state index in [1.54, 1.807) is 11.3 Å². The second kappa shape index (κ2) is 4.10. The van der Waals surface area contributed by atoms with Gasteiger partial charge in [0.25, 0.3) is 0 Å². The summed E-state index contributed by atoms with van der Waals surface area (Å²) < 4.78 is 1.23. The number of thiazole rings is 1. The van der Waals surface area contributed by atoms with Crippen molar-refractivity contribution < 1.29 is 20.4 Å². The Morgan fingerprint density at radius 1 is 1.29 bits per heavy atom. The van der Waals surface area contributed by atoms with Gasteiger partial charge in [-0.05, 0) is 10.9 Å². The fraction of sp³-hybridized carbons (Fsp3) is 0.364. The van der Waals surface area contributed by atoms with Gasteiger partial charge in [-0.25, -0.2) is 0 Å². The van der Waals surface area contributed by atoms with Crippen molar-refractivity contribution >= 4 is 21.6 Å². The van der Waals surface area contributed by atoms with E-state index in [4.69, 9.17) is 0 Å². The second-order valence-electron chi connectivity index (χ2n) is 4.24. The van der Waals surface area contributed by atoms with E-state index in [1.807, 2.05) is 0 Å². The van der Waals surface area contributed by atoms with Crippen molar-refractivity contribution in [1.82, 2.24) is 4.98 Å². The van der Waals surface area contributed by atoms with Gasteiger partial charge in [0.2, 0.25) is 0 Å². The maximum atomic E-state index is 4.14. The van der Waals surface area contributed by atoms with Gasteiger partial charge >= 0.3 is 0 Å².